The fourth-order valence-electron chi connectivity index (χ4n) is 2.91. The van der Waals surface area contributed by atoms with Gasteiger partial charge in [0.05, 0.1) is 6.61 Å². The highest BCUT2D eigenvalue weighted by atomic mass is 16.5. The molecule has 0 aliphatic heterocycles. The van der Waals surface area contributed by atoms with Crippen LogP contribution in [0.15, 0.2) is 47.0 Å². The van der Waals surface area contributed by atoms with Gasteiger partial charge in [0, 0.05) is 24.8 Å². The van der Waals surface area contributed by atoms with Crippen molar-refractivity contribution in [3.8, 4) is 17.3 Å². The normalized spacial score (nSPS) is 13.6. The van der Waals surface area contributed by atoms with Crippen LogP contribution in [0.2, 0.25) is 0 Å². The predicted molar refractivity (Wildman–Crippen MR) is 101 cm³/mol. The monoisotopic (exact) mass is 366 g/mol. The highest BCUT2D eigenvalue weighted by Crippen LogP contribution is 2.39. The molecule has 3 aromatic rings. The molecule has 2 heterocycles. The maximum absolute atomic E-state index is 12.7. The molecule has 1 saturated carbocycles. The highest BCUT2D eigenvalue weighted by Gasteiger charge is 2.30. The average molecular weight is 366 g/mol. The molecule has 0 unspecified atom stereocenters. The van der Waals surface area contributed by atoms with Gasteiger partial charge in [0.25, 0.3) is 5.89 Å². The van der Waals surface area contributed by atoms with E-state index < -0.39 is 0 Å². The Balaban J connectivity index is 1.47. The van der Waals surface area contributed by atoms with Crippen LogP contribution in [0.3, 0.4) is 0 Å². The standard InChI is InChI=1S/C20H22N4O3/c1-3-26-16-10-8-15(9-11-16)23(2)18(25)13-24-12-4-5-17(24)20-22-21-19(27-20)14-6-7-14/h4-5,8-12,14H,3,6-7,13H2,1-2H3. The van der Waals surface area contributed by atoms with Crippen LogP contribution in [0.25, 0.3) is 11.6 Å². The summed E-state index contributed by atoms with van der Waals surface area (Å²) in [6.45, 7) is 2.74. The van der Waals surface area contributed by atoms with Crippen molar-refractivity contribution in [3.63, 3.8) is 0 Å². The van der Waals surface area contributed by atoms with Crippen LogP contribution >= 0.6 is 0 Å². The zero-order chi connectivity index (χ0) is 18.8. The second kappa shape index (κ2) is 7.26. The number of rotatable bonds is 7. The third kappa shape index (κ3) is 3.72. The number of ether oxygens (including phenoxy) is 1. The Morgan fingerprint density at radius 3 is 2.74 bits per heavy atom. The Bertz CT molecular complexity index is 925. The first-order chi connectivity index (χ1) is 13.2. The summed E-state index contributed by atoms with van der Waals surface area (Å²) in [6, 6.07) is 11.2. The Morgan fingerprint density at radius 1 is 1.26 bits per heavy atom. The number of amides is 1. The molecule has 1 aliphatic carbocycles. The van der Waals surface area contributed by atoms with Crippen molar-refractivity contribution >= 4 is 11.6 Å². The zero-order valence-electron chi connectivity index (χ0n) is 15.5. The molecule has 2 aromatic heterocycles. The summed E-state index contributed by atoms with van der Waals surface area (Å²) < 4.78 is 13.0. The minimum atomic E-state index is -0.0430. The number of carbonyl (C=O) groups excluding carboxylic acids is 1. The molecule has 1 aromatic carbocycles. The number of benzene rings is 1. The summed E-state index contributed by atoms with van der Waals surface area (Å²) in [5.74, 6) is 2.30. The maximum atomic E-state index is 12.7. The predicted octanol–water partition coefficient (Wildman–Crippen LogP) is 3.48. The molecule has 1 fully saturated rings. The number of likely N-dealkylation sites (N-methyl/N-ethyl adjacent to an activating group) is 1. The van der Waals surface area contributed by atoms with E-state index in [1.165, 1.54) is 0 Å². The molecular weight excluding hydrogens is 344 g/mol. The van der Waals surface area contributed by atoms with Crippen LogP contribution in [0, 0.1) is 0 Å². The fraction of sp³-hybridized carbons (Fsp3) is 0.350. The van der Waals surface area contributed by atoms with Crippen molar-refractivity contribution in [1.29, 1.82) is 0 Å². The van der Waals surface area contributed by atoms with Gasteiger partial charge in [-0.15, -0.1) is 10.2 Å². The fourth-order valence-corrected chi connectivity index (χ4v) is 2.91. The first kappa shape index (κ1) is 17.3. The van der Waals surface area contributed by atoms with E-state index >= 15 is 0 Å². The van der Waals surface area contributed by atoms with Gasteiger partial charge < -0.3 is 18.6 Å². The summed E-state index contributed by atoms with van der Waals surface area (Å²) in [6.07, 6.45) is 4.06. The molecule has 1 amide bonds. The van der Waals surface area contributed by atoms with Crippen molar-refractivity contribution < 1.29 is 13.9 Å². The van der Waals surface area contributed by atoms with E-state index in [0.29, 0.717) is 24.3 Å². The number of aromatic nitrogens is 3. The number of hydrogen-bond acceptors (Lipinski definition) is 5. The van der Waals surface area contributed by atoms with Gasteiger partial charge in [0.15, 0.2) is 0 Å². The molecule has 1 aliphatic rings. The van der Waals surface area contributed by atoms with Gasteiger partial charge in [-0.2, -0.15) is 0 Å². The van der Waals surface area contributed by atoms with Crippen molar-refractivity contribution in [2.45, 2.75) is 32.2 Å². The number of anilines is 1. The second-order valence-electron chi connectivity index (χ2n) is 6.62. The molecule has 0 spiro atoms. The highest BCUT2D eigenvalue weighted by molar-refractivity contribution is 5.92. The lowest BCUT2D eigenvalue weighted by Gasteiger charge is -2.18. The molecule has 0 radical (unpaired) electrons. The van der Waals surface area contributed by atoms with E-state index in [-0.39, 0.29) is 12.5 Å². The Morgan fingerprint density at radius 2 is 2.04 bits per heavy atom. The van der Waals surface area contributed by atoms with Gasteiger partial charge in [-0.1, -0.05) is 0 Å². The van der Waals surface area contributed by atoms with Crippen LogP contribution in [-0.4, -0.2) is 34.3 Å². The van der Waals surface area contributed by atoms with E-state index in [1.54, 1.807) is 11.9 Å². The molecule has 0 saturated heterocycles. The van der Waals surface area contributed by atoms with Crippen molar-refractivity contribution in [2.24, 2.45) is 0 Å². The zero-order valence-corrected chi connectivity index (χ0v) is 15.5. The molecule has 27 heavy (non-hydrogen) atoms. The maximum Gasteiger partial charge on any atom is 0.264 e. The molecule has 7 heteroatoms. The van der Waals surface area contributed by atoms with E-state index in [1.807, 2.05) is 54.1 Å². The minimum absolute atomic E-state index is 0.0430. The lowest BCUT2D eigenvalue weighted by atomic mass is 10.2. The van der Waals surface area contributed by atoms with Crippen molar-refractivity contribution in [3.05, 3.63) is 48.5 Å². The topological polar surface area (TPSA) is 73.4 Å². The molecular formula is C20H22N4O3. The van der Waals surface area contributed by atoms with E-state index in [0.717, 1.165) is 30.0 Å². The van der Waals surface area contributed by atoms with Gasteiger partial charge in [0.1, 0.15) is 18.0 Å². The summed E-state index contributed by atoms with van der Waals surface area (Å²) in [5.41, 5.74) is 1.56. The van der Waals surface area contributed by atoms with Gasteiger partial charge in [0.2, 0.25) is 11.8 Å². The molecule has 4 rings (SSSR count). The molecule has 0 bridgehead atoms. The number of nitrogens with zero attached hydrogens (tertiary/aromatic N) is 4. The van der Waals surface area contributed by atoms with E-state index in [9.17, 15) is 4.79 Å². The third-order valence-corrected chi connectivity index (χ3v) is 4.63. The lowest BCUT2D eigenvalue weighted by molar-refractivity contribution is -0.118. The second-order valence-corrected chi connectivity index (χ2v) is 6.62. The first-order valence-electron chi connectivity index (χ1n) is 9.14. The van der Waals surface area contributed by atoms with Gasteiger partial charge in [-0.3, -0.25) is 4.79 Å². The molecule has 7 nitrogen and oxygen atoms in total. The van der Waals surface area contributed by atoms with Crippen LogP contribution in [0.5, 0.6) is 5.75 Å². The van der Waals surface area contributed by atoms with Crippen LogP contribution in [0.4, 0.5) is 5.69 Å². The van der Waals surface area contributed by atoms with Crippen LogP contribution < -0.4 is 9.64 Å². The van der Waals surface area contributed by atoms with E-state index in [2.05, 4.69) is 10.2 Å². The van der Waals surface area contributed by atoms with Crippen LogP contribution in [-0.2, 0) is 11.3 Å². The summed E-state index contributed by atoms with van der Waals surface area (Å²) in [4.78, 5) is 14.4. The average Bonchev–Trinajstić information content (AvgIpc) is 3.23. The minimum Gasteiger partial charge on any atom is -0.494 e. The summed E-state index contributed by atoms with van der Waals surface area (Å²) in [5, 5.41) is 8.26. The lowest BCUT2D eigenvalue weighted by Crippen LogP contribution is -2.30. The van der Waals surface area contributed by atoms with Crippen molar-refractivity contribution in [1.82, 2.24) is 14.8 Å². The van der Waals surface area contributed by atoms with Crippen LogP contribution in [0.1, 0.15) is 31.6 Å². The van der Waals surface area contributed by atoms with Gasteiger partial charge >= 0.3 is 0 Å². The molecule has 0 N–H and O–H groups in total. The van der Waals surface area contributed by atoms with Gasteiger partial charge in [-0.25, -0.2) is 0 Å². The quantitative estimate of drug-likeness (QED) is 0.640. The van der Waals surface area contributed by atoms with Gasteiger partial charge in [-0.05, 0) is 56.2 Å². The first-order valence-corrected chi connectivity index (χ1v) is 9.14. The smallest absolute Gasteiger partial charge is 0.264 e. The molecule has 140 valence electrons. The van der Waals surface area contributed by atoms with Crippen molar-refractivity contribution in [2.75, 3.05) is 18.6 Å². The Labute approximate surface area is 157 Å². The summed E-state index contributed by atoms with van der Waals surface area (Å²) >= 11 is 0. The number of hydrogen-bond donors (Lipinski definition) is 0. The largest absolute Gasteiger partial charge is 0.494 e. The Hall–Kier alpha value is -3.09. The Kier molecular flexibility index (Phi) is 4.66. The third-order valence-electron chi connectivity index (χ3n) is 4.63. The van der Waals surface area contributed by atoms with E-state index in [4.69, 9.17) is 9.15 Å². The molecule has 0 atom stereocenters. The SMILES string of the molecule is CCOc1ccc(N(C)C(=O)Cn2cccc2-c2nnc(C3CC3)o2)cc1. The number of carbonyl (C=O) groups is 1. The summed E-state index contributed by atoms with van der Waals surface area (Å²) in [7, 11) is 1.76.